The lowest BCUT2D eigenvalue weighted by atomic mass is 9.98. The summed E-state index contributed by atoms with van der Waals surface area (Å²) in [6.07, 6.45) is 5.92. The second-order valence-electron chi connectivity index (χ2n) is 4.71. The highest BCUT2D eigenvalue weighted by molar-refractivity contribution is 7.15. The van der Waals surface area contributed by atoms with Gasteiger partial charge in [-0.15, -0.1) is 11.3 Å². The number of nitrogens with zero attached hydrogens (tertiary/aromatic N) is 1. The maximum atomic E-state index is 4.68. The summed E-state index contributed by atoms with van der Waals surface area (Å²) >= 11 is 1.85. The Kier molecular flexibility index (Phi) is 4.80. The topological polar surface area (TPSA) is 37.0 Å². The first-order chi connectivity index (χ1) is 8.33. The van der Waals surface area contributed by atoms with E-state index >= 15 is 0 Å². The van der Waals surface area contributed by atoms with Gasteiger partial charge in [-0.25, -0.2) is 4.98 Å². The zero-order valence-electron chi connectivity index (χ0n) is 10.9. The van der Waals surface area contributed by atoms with E-state index in [2.05, 4.69) is 29.5 Å². The van der Waals surface area contributed by atoms with Crippen LogP contribution in [0.15, 0.2) is 0 Å². The number of hydrogen-bond acceptors (Lipinski definition) is 4. The summed E-state index contributed by atoms with van der Waals surface area (Å²) in [7, 11) is 0. The van der Waals surface area contributed by atoms with E-state index in [0.29, 0.717) is 6.04 Å². The van der Waals surface area contributed by atoms with Gasteiger partial charge in [0, 0.05) is 17.5 Å². The summed E-state index contributed by atoms with van der Waals surface area (Å²) in [6, 6.07) is 0.668. The summed E-state index contributed by atoms with van der Waals surface area (Å²) in [5.74, 6) is 0. The molecule has 1 aromatic heterocycles. The Bertz CT molecular complexity index is 348. The molecule has 1 heterocycles. The fourth-order valence-corrected chi connectivity index (χ4v) is 3.32. The van der Waals surface area contributed by atoms with Gasteiger partial charge in [0.25, 0.3) is 0 Å². The van der Waals surface area contributed by atoms with Crippen molar-refractivity contribution in [3.05, 3.63) is 10.6 Å². The third-order valence-electron chi connectivity index (χ3n) is 3.15. The fraction of sp³-hybridized carbons (Fsp3) is 0.769. The van der Waals surface area contributed by atoms with E-state index in [9.17, 15) is 0 Å². The van der Waals surface area contributed by atoms with Gasteiger partial charge in [-0.1, -0.05) is 13.8 Å². The largest absolute Gasteiger partial charge is 0.362 e. The number of thiazole rings is 1. The molecular weight excluding hydrogens is 230 g/mol. The van der Waals surface area contributed by atoms with E-state index in [-0.39, 0.29) is 0 Å². The number of aryl methyl sites for hydroxylation is 1. The lowest BCUT2D eigenvalue weighted by Crippen LogP contribution is -2.34. The predicted molar refractivity (Wildman–Crippen MR) is 75.0 cm³/mol. The van der Waals surface area contributed by atoms with Gasteiger partial charge >= 0.3 is 0 Å². The summed E-state index contributed by atoms with van der Waals surface area (Å²) in [6.45, 7) is 6.58. The minimum absolute atomic E-state index is 0.668. The van der Waals surface area contributed by atoms with Crippen molar-refractivity contribution in [2.75, 3.05) is 18.4 Å². The van der Waals surface area contributed by atoms with Crippen LogP contribution >= 0.6 is 11.3 Å². The van der Waals surface area contributed by atoms with Crippen LogP contribution in [-0.2, 0) is 12.8 Å². The molecule has 0 aromatic carbocycles. The monoisotopic (exact) mass is 253 g/mol. The van der Waals surface area contributed by atoms with Gasteiger partial charge in [0.1, 0.15) is 0 Å². The van der Waals surface area contributed by atoms with E-state index in [1.165, 1.54) is 29.8 Å². The van der Waals surface area contributed by atoms with E-state index in [1.54, 1.807) is 0 Å². The van der Waals surface area contributed by atoms with Crippen molar-refractivity contribution in [2.24, 2.45) is 0 Å². The molecule has 1 aromatic rings. The van der Waals surface area contributed by atoms with Crippen LogP contribution in [0.2, 0.25) is 0 Å². The molecule has 1 atom stereocenters. The van der Waals surface area contributed by atoms with E-state index < -0.39 is 0 Å². The zero-order valence-corrected chi connectivity index (χ0v) is 11.7. The van der Waals surface area contributed by atoms with Crippen molar-refractivity contribution in [3.8, 4) is 0 Å². The van der Waals surface area contributed by atoms with E-state index in [1.807, 2.05) is 11.3 Å². The standard InChI is InChI=1S/C13H23N3S/c1-3-7-14-10-5-6-11-12(9-10)17-13(16-11)15-8-4-2/h10,14H,3-9H2,1-2H3,(H,15,16). The smallest absolute Gasteiger partial charge is 0.183 e. The molecule has 17 heavy (non-hydrogen) atoms. The maximum absolute atomic E-state index is 4.68. The minimum Gasteiger partial charge on any atom is -0.362 e. The first kappa shape index (κ1) is 12.8. The van der Waals surface area contributed by atoms with Crippen LogP contribution in [0.5, 0.6) is 0 Å². The zero-order chi connectivity index (χ0) is 12.1. The number of aromatic nitrogens is 1. The molecule has 0 spiro atoms. The van der Waals surface area contributed by atoms with E-state index in [0.717, 1.165) is 31.1 Å². The van der Waals surface area contributed by atoms with Gasteiger partial charge in [-0.05, 0) is 38.6 Å². The van der Waals surface area contributed by atoms with E-state index in [4.69, 9.17) is 0 Å². The molecular formula is C13H23N3S. The van der Waals surface area contributed by atoms with Crippen molar-refractivity contribution in [1.29, 1.82) is 0 Å². The highest BCUT2D eigenvalue weighted by atomic mass is 32.1. The Morgan fingerprint density at radius 2 is 2.12 bits per heavy atom. The average Bonchev–Trinajstić information content (AvgIpc) is 2.75. The lowest BCUT2D eigenvalue weighted by Gasteiger charge is -2.21. The summed E-state index contributed by atoms with van der Waals surface area (Å²) in [5, 5.41) is 8.14. The average molecular weight is 253 g/mol. The fourth-order valence-electron chi connectivity index (χ4n) is 2.21. The third kappa shape index (κ3) is 3.42. The number of hydrogen-bond donors (Lipinski definition) is 2. The SMILES string of the molecule is CCCNc1nc2c(s1)CC(NCCC)CC2. The first-order valence-electron chi connectivity index (χ1n) is 6.79. The molecule has 0 amide bonds. The normalized spacial score (nSPS) is 19.1. The molecule has 0 saturated carbocycles. The molecule has 2 rings (SSSR count). The second-order valence-corrected chi connectivity index (χ2v) is 5.79. The van der Waals surface area contributed by atoms with Gasteiger partial charge in [-0.2, -0.15) is 0 Å². The van der Waals surface area contributed by atoms with Gasteiger partial charge in [-0.3, -0.25) is 0 Å². The molecule has 0 fully saturated rings. The predicted octanol–water partition coefficient (Wildman–Crippen LogP) is 2.82. The summed E-state index contributed by atoms with van der Waals surface area (Å²) in [4.78, 5) is 6.17. The third-order valence-corrected chi connectivity index (χ3v) is 4.23. The number of anilines is 1. The molecule has 0 bridgehead atoms. The van der Waals surface area contributed by atoms with Crippen molar-refractivity contribution >= 4 is 16.5 Å². The Labute approximate surface area is 108 Å². The summed E-state index contributed by atoms with van der Waals surface area (Å²) in [5.41, 5.74) is 1.34. The number of fused-ring (bicyclic) bond motifs is 1. The molecule has 0 saturated heterocycles. The number of rotatable bonds is 6. The highest BCUT2D eigenvalue weighted by Crippen LogP contribution is 2.29. The maximum Gasteiger partial charge on any atom is 0.183 e. The molecule has 0 aliphatic heterocycles. The van der Waals surface area contributed by atoms with Crippen LogP contribution in [0.4, 0.5) is 5.13 Å². The van der Waals surface area contributed by atoms with Crippen LogP contribution < -0.4 is 10.6 Å². The molecule has 1 aliphatic carbocycles. The molecule has 2 N–H and O–H groups in total. The highest BCUT2D eigenvalue weighted by Gasteiger charge is 2.21. The van der Waals surface area contributed by atoms with Crippen molar-refractivity contribution < 1.29 is 0 Å². The van der Waals surface area contributed by atoms with Crippen LogP contribution in [0.3, 0.4) is 0 Å². The Morgan fingerprint density at radius 1 is 1.29 bits per heavy atom. The molecule has 96 valence electrons. The van der Waals surface area contributed by atoms with Crippen LogP contribution in [0, 0.1) is 0 Å². The van der Waals surface area contributed by atoms with Crippen LogP contribution in [0.1, 0.15) is 43.7 Å². The minimum atomic E-state index is 0.668. The van der Waals surface area contributed by atoms with Crippen molar-refractivity contribution in [2.45, 2.75) is 52.0 Å². The molecule has 0 radical (unpaired) electrons. The number of nitrogens with one attached hydrogen (secondary N) is 2. The Hall–Kier alpha value is -0.610. The second kappa shape index (κ2) is 6.36. The van der Waals surface area contributed by atoms with Crippen molar-refractivity contribution in [3.63, 3.8) is 0 Å². The first-order valence-corrected chi connectivity index (χ1v) is 7.61. The molecule has 1 unspecified atom stereocenters. The molecule has 3 nitrogen and oxygen atoms in total. The van der Waals surface area contributed by atoms with Gasteiger partial charge in [0.2, 0.25) is 0 Å². The van der Waals surface area contributed by atoms with Gasteiger partial charge < -0.3 is 10.6 Å². The molecule has 1 aliphatic rings. The summed E-state index contributed by atoms with van der Waals surface area (Å²) < 4.78 is 0. The Morgan fingerprint density at radius 3 is 2.88 bits per heavy atom. The molecule has 4 heteroatoms. The van der Waals surface area contributed by atoms with Gasteiger partial charge in [0.05, 0.1) is 5.69 Å². The quantitative estimate of drug-likeness (QED) is 0.818. The van der Waals surface area contributed by atoms with Crippen LogP contribution in [-0.4, -0.2) is 24.1 Å². The van der Waals surface area contributed by atoms with Crippen LogP contribution in [0.25, 0.3) is 0 Å². The van der Waals surface area contributed by atoms with Gasteiger partial charge in [0.15, 0.2) is 5.13 Å². The van der Waals surface area contributed by atoms with Crippen molar-refractivity contribution in [1.82, 2.24) is 10.3 Å². The lowest BCUT2D eigenvalue weighted by molar-refractivity contribution is 0.460. The Balaban J connectivity index is 1.93.